The molecule has 1 fully saturated rings. The van der Waals surface area contributed by atoms with Gasteiger partial charge in [-0.3, -0.25) is 4.79 Å². The maximum atomic E-state index is 11.8. The number of rotatable bonds is 5. The predicted molar refractivity (Wildman–Crippen MR) is 73.3 cm³/mol. The molecular formula is C14H20N2O3. The molecule has 5 nitrogen and oxygen atoms in total. The Morgan fingerprint density at radius 1 is 1.53 bits per heavy atom. The highest BCUT2D eigenvalue weighted by Gasteiger charge is 2.33. The van der Waals surface area contributed by atoms with E-state index >= 15 is 0 Å². The Bertz CT molecular complexity index is 470. The summed E-state index contributed by atoms with van der Waals surface area (Å²) in [5.41, 5.74) is 1.25. The van der Waals surface area contributed by atoms with Crippen molar-refractivity contribution in [2.75, 3.05) is 25.0 Å². The first-order chi connectivity index (χ1) is 9.02. The Morgan fingerprint density at radius 3 is 2.84 bits per heavy atom. The molecule has 0 aromatic heterocycles. The van der Waals surface area contributed by atoms with Crippen molar-refractivity contribution >= 4 is 11.6 Å². The molecule has 0 unspecified atom stereocenters. The molecule has 104 valence electrons. The van der Waals surface area contributed by atoms with Crippen LogP contribution in [0.15, 0.2) is 18.2 Å². The first-order valence-electron chi connectivity index (χ1n) is 6.49. The van der Waals surface area contributed by atoms with Crippen molar-refractivity contribution in [2.24, 2.45) is 0 Å². The molecule has 0 saturated carbocycles. The first-order valence-corrected chi connectivity index (χ1v) is 6.49. The van der Waals surface area contributed by atoms with E-state index in [4.69, 9.17) is 4.74 Å². The molecule has 2 rings (SSSR count). The first kappa shape index (κ1) is 13.8. The zero-order valence-corrected chi connectivity index (χ0v) is 11.3. The lowest BCUT2D eigenvalue weighted by Gasteiger charge is -2.38. The highest BCUT2D eigenvalue weighted by atomic mass is 16.5. The number of benzene rings is 1. The molecule has 0 aliphatic carbocycles. The van der Waals surface area contributed by atoms with Crippen molar-refractivity contribution in [3.63, 3.8) is 0 Å². The van der Waals surface area contributed by atoms with Gasteiger partial charge in [-0.15, -0.1) is 0 Å². The van der Waals surface area contributed by atoms with E-state index in [-0.39, 0.29) is 23.9 Å². The molecule has 1 aliphatic rings. The van der Waals surface area contributed by atoms with Crippen LogP contribution in [0.5, 0.6) is 5.75 Å². The van der Waals surface area contributed by atoms with Gasteiger partial charge in [0, 0.05) is 13.1 Å². The number of aromatic hydroxyl groups is 1. The number of hydrogen-bond acceptors (Lipinski definition) is 4. The van der Waals surface area contributed by atoms with E-state index in [0.29, 0.717) is 5.69 Å². The fourth-order valence-corrected chi connectivity index (χ4v) is 1.91. The average molecular weight is 264 g/mol. The van der Waals surface area contributed by atoms with E-state index in [2.05, 4.69) is 10.6 Å². The van der Waals surface area contributed by atoms with Crippen LogP contribution in [0.3, 0.4) is 0 Å². The van der Waals surface area contributed by atoms with Gasteiger partial charge in [0.15, 0.2) is 0 Å². The summed E-state index contributed by atoms with van der Waals surface area (Å²) in [7, 11) is 0. The maximum Gasteiger partial charge on any atom is 0.250 e. The summed E-state index contributed by atoms with van der Waals surface area (Å²) in [5, 5.41) is 15.5. The molecule has 1 aromatic carbocycles. The van der Waals surface area contributed by atoms with Crippen LogP contribution in [0.25, 0.3) is 0 Å². The lowest BCUT2D eigenvalue weighted by molar-refractivity contribution is -0.130. The summed E-state index contributed by atoms with van der Waals surface area (Å²) < 4.78 is 5.54. The Kier molecular flexibility index (Phi) is 4.07. The monoisotopic (exact) mass is 264 g/mol. The van der Waals surface area contributed by atoms with Gasteiger partial charge in [0.2, 0.25) is 0 Å². The maximum absolute atomic E-state index is 11.8. The minimum Gasteiger partial charge on any atom is -0.506 e. The van der Waals surface area contributed by atoms with Gasteiger partial charge in [0.1, 0.15) is 12.4 Å². The predicted octanol–water partition coefficient (Wildman–Crippen LogP) is 1.27. The van der Waals surface area contributed by atoms with Crippen LogP contribution in [-0.2, 0) is 16.0 Å². The standard InChI is InChI=1S/C14H20N2O3/c1-3-10-4-5-12(17)11(6-10)16-13(18)7-19-14(2)8-15-9-14/h4-6,15,17H,3,7-9H2,1-2H3,(H,16,18). The van der Waals surface area contributed by atoms with Gasteiger partial charge < -0.3 is 20.5 Å². The van der Waals surface area contributed by atoms with E-state index < -0.39 is 0 Å². The summed E-state index contributed by atoms with van der Waals surface area (Å²) in [6.07, 6.45) is 0.851. The topological polar surface area (TPSA) is 70.6 Å². The second-order valence-electron chi connectivity index (χ2n) is 5.10. The fourth-order valence-electron chi connectivity index (χ4n) is 1.91. The highest BCUT2D eigenvalue weighted by molar-refractivity contribution is 5.93. The zero-order valence-electron chi connectivity index (χ0n) is 11.3. The van der Waals surface area contributed by atoms with E-state index in [1.54, 1.807) is 12.1 Å². The Balaban J connectivity index is 1.91. The molecule has 0 radical (unpaired) electrons. The van der Waals surface area contributed by atoms with Crippen molar-refractivity contribution in [1.29, 1.82) is 0 Å². The molecule has 1 saturated heterocycles. The Hall–Kier alpha value is -1.59. The number of amides is 1. The van der Waals surface area contributed by atoms with Gasteiger partial charge in [0.25, 0.3) is 5.91 Å². The van der Waals surface area contributed by atoms with E-state index in [9.17, 15) is 9.90 Å². The number of anilines is 1. The van der Waals surface area contributed by atoms with Crippen LogP contribution >= 0.6 is 0 Å². The number of aryl methyl sites for hydroxylation is 1. The normalized spacial score (nSPS) is 16.7. The van der Waals surface area contributed by atoms with Crippen LogP contribution in [-0.4, -0.2) is 36.3 Å². The Labute approximate surface area is 113 Å². The fraction of sp³-hybridized carbons (Fsp3) is 0.500. The third kappa shape index (κ3) is 3.45. The third-order valence-electron chi connectivity index (χ3n) is 3.29. The number of nitrogens with one attached hydrogen (secondary N) is 2. The van der Waals surface area contributed by atoms with E-state index in [1.807, 2.05) is 19.9 Å². The molecule has 1 amide bonds. The number of hydrogen-bond donors (Lipinski definition) is 3. The van der Waals surface area contributed by atoms with Gasteiger partial charge >= 0.3 is 0 Å². The summed E-state index contributed by atoms with van der Waals surface area (Å²) in [6, 6.07) is 5.20. The summed E-state index contributed by atoms with van der Waals surface area (Å²) >= 11 is 0. The van der Waals surface area contributed by atoms with Gasteiger partial charge in [-0.1, -0.05) is 13.0 Å². The summed E-state index contributed by atoms with van der Waals surface area (Å²) in [6.45, 7) is 5.50. The van der Waals surface area contributed by atoms with Crippen LogP contribution < -0.4 is 10.6 Å². The molecule has 0 spiro atoms. The highest BCUT2D eigenvalue weighted by Crippen LogP contribution is 2.24. The minimum absolute atomic E-state index is 0.00598. The Morgan fingerprint density at radius 2 is 2.26 bits per heavy atom. The smallest absolute Gasteiger partial charge is 0.250 e. The molecule has 0 atom stereocenters. The average Bonchev–Trinajstić information content (AvgIpc) is 2.37. The third-order valence-corrected chi connectivity index (χ3v) is 3.29. The number of phenolic OH excluding ortho intramolecular Hbond substituents is 1. The van der Waals surface area contributed by atoms with Crippen molar-refractivity contribution in [3.05, 3.63) is 23.8 Å². The van der Waals surface area contributed by atoms with E-state index in [0.717, 1.165) is 25.1 Å². The second kappa shape index (κ2) is 5.59. The van der Waals surface area contributed by atoms with Crippen LogP contribution in [0, 0.1) is 0 Å². The van der Waals surface area contributed by atoms with Crippen molar-refractivity contribution in [2.45, 2.75) is 25.9 Å². The zero-order chi connectivity index (χ0) is 13.9. The number of ether oxygens (including phenoxy) is 1. The van der Waals surface area contributed by atoms with Crippen LogP contribution in [0.1, 0.15) is 19.4 Å². The molecule has 0 bridgehead atoms. The van der Waals surface area contributed by atoms with Crippen molar-refractivity contribution in [1.82, 2.24) is 5.32 Å². The lowest BCUT2D eigenvalue weighted by Crippen LogP contribution is -2.59. The number of carbonyl (C=O) groups excluding carboxylic acids is 1. The SMILES string of the molecule is CCc1ccc(O)c(NC(=O)COC2(C)CNC2)c1. The van der Waals surface area contributed by atoms with Gasteiger partial charge in [-0.05, 0) is 31.0 Å². The van der Waals surface area contributed by atoms with Crippen LogP contribution in [0.4, 0.5) is 5.69 Å². The molecular weight excluding hydrogens is 244 g/mol. The number of phenols is 1. The van der Waals surface area contributed by atoms with Crippen molar-refractivity contribution < 1.29 is 14.6 Å². The molecule has 1 aromatic rings. The molecule has 1 aliphatic heterocycles. The minimum atomic E-state index is -0.253. The van der Waals surface area contributed by atoms with Gasteiger partial charge in [-0.2, -0.15) is 0 Å². The van der Waals surface area contributed by atoms with Crippen molar-refractivity contribution in [3.8, 4) is 5.75 Å². The lowest BCUT2D eigenvalue weighted by atomic mass is 10.0. The summed E-state index contributed by atoms with van der Waals surface area (Å²) in [5.74, 6) is -0.182. The van der Waals surface area contributed by atoms with E-state index in [1.165, 1.54) is 0 Å². The number of carbonyl (C=O) groups is 1. The molecule has 5 heteroatoms. The van der Waals surface area contributed by atoms with Gasteiger partial charge in [0.05, 0.1) is 11.3 Å². The molecule has 3 N–H and O–H groups in total. The summed E-state index contributed by atoms with van der Waals surface area (Å²) in [4.78, 5) is 11.8. The van der Waals surface area contributed by atoms with Crippen LogP contribution in [0.2, 0.25) is 0 Å². The molecule has 1 heterocycles. The molecule has 19 heavy (non-hydrogen) atoms. The largest absolute Gasteiger partial charge is 0.506 e. The van der Waals surface area contributed by atoms with Gasteiger partial charge in [-0.25, -0.2) is 0 Å². The second-order valence-corrected chi connectivity index (χ2v) is 5.10. The quantitative estimate of drug-likeness (QED) is 0.700.